The van der Waals surface area contributed by atoms with Crippen molar-refractivity contribution in [2.75, 3.05) is 0 Å². The van der Waals surface area contributed by atoms with Crippen LogP contribution < -0.4 is 0 Å². The molecule has 0 radical (unpaired) electrons. The summed E-state index contributed by atoms with van der Waals surface area (Å²) in [7, 11) is 0. The number of aromatic nitrogens is 2. The summed E-state index contributed by atoms with van der Waals surface area (Å²) in [6, 6.07) is 23.4. The van der Waals surface area contributed by atoms with Crippen molar-refractivity contribution in [1.29, 1.82) is 0 Å². The van der Waals surface area contributed by atoms with Crippen LogP contribution >= 0.6 is 0 Å². The van der Waals surface area contributed by atoms with Crippen LogP contribution in [0.4, 0.5) is 0 Å². The number of pyridine rings is 2. The molecule has 4 heteroatoms. The fourth-order valence-corrected chi connectivity index (χ4v) is 4.21. The second kappa shape index (κ2) is 7.47. The predicted molar refractivity (Wildman–Crippen MR) is 116 cm³/mol. The van der Waals surface area contributed by atoms with E-state index in [4.69, 9.17) is 4.98 Å². The molecule has 0 unspecified atom stereocenters. The van der Waals surface area contributed by atoms with Crippen molar-refractivity contribution in [3.8, 4) is 39.5 Å². The third-order valence-corrected chi connectivity index (χ3v) is 5.78. The van der Waals surface area contributed by atoms with E-state index in [2.05, 4.69) is 50.0 Å². The summed E-state index contributed by atoms with van der Waals surface area (Å²) in [6.07, 6.45) is 1.82. The van der Waals surface area contributed by atoms with Crippen LogP contribution in [0.3, 0.4) is 0 Å². The van der Waals surface area contributed by atoms with Gasteiger partial charge in [0.2, 0.25) is 0 Å². The molecule has 1 aliphatic carbocycles. The zero-order valence-electron chi connectivity index (χ0n) is 17.0. The Kier molecular flexibility index (Phi) is 5.10. The standard InChI is InChI=1S/C26H21N2O.Pd/c1-16-12-13-27-22(14-16)18-7-4-6-17(15-18)21-11-10-20-25(28-21)24-19(26(20,2)3)8-5-9-23(24)29;/h4-14,29H,1-3H3;/q-1;. The molecule has 2 aromatic carbocycles. The van der Waals surface area contributed by atoms with Crippen LogP contribution in [0.1, 0.15) is 30.5 Å². The van der Waals surface area contributed by atoms with Crippen LogP contribution in [0.2, 0.25) is 0 Å². The van der Waals surface area contributed by atoms with Crippen molar-refractivity contribution >= 4 is 0 Å². The number of phenolic OH excluding ortho intramolecular Hbond substituents is 1. The molecule has 2 aromatic heterocycles. The van der Waals surface area contributed by atoms with Crippen molar-refractivity contribution in [2.24, 2.45) is 0 Å². The molecule has 0 fully saturated rings. The molecule has 4 aromatic rings. The summed E-state index contributed by atoms with van der Waals surface area (Å²) >= 11 is 0. The molecule has 1 N–H and O–H groups in total. The minimum atomic E-state index is -0.189. The topological polar surface area (TPSA) is 46.0 Å². The number of phenols is 1. The van der Waals surface area contributed by atoms with Crippen LogP contribution in [0.15, 0.2) is 66.9 Å². The van der Waals surface area contributed by atoms with Crippen molar-refractivity contribution in [3.05, 3.63) is 89.6 Å². The first-order valence-electron chi connectivity index (χ1n) is 9.75. The van der Waals surface area contributed by atoms with Gasteiger partial charge in [0.15, 0.2) is 0 Å². The molecule has 0 spiro atoms. The number of benzene rings is 2. The fourth-order valence-electron chi connectivity index (χ4n) is 4.21. The van der Waals surface area contributed by atoms with E-state index in [0.29, 0.717) is 0 Å². The first-order valence-corrected chi connectivity index (χ1v) is 9.75. The van der Waals surface area contributed by atoms with Gasteiger partial charge in [-0.3, -0.25) is 9.97 Å². The Morgan fingerprint density at radius 3 is 2.37 bits per heavy atom. The first kappa shape index (κ1) is 20.5. The molecule has 0 aliphatic heterocycles. The average molecular weight is 484 g/mol. The Labute approximate surface area is 190 Å². The summed E-state index contributed by atoms with van der Waals surface area (Å²) < 4.78 is 0. The minimum Gasteiger partial charge on any atom is -0.507 e. The Bertz CT molecular complexity index is 1260. The van der Waals surface area contributed by atoms with Crippen molar-refractivity contribution in [1.82, 2.24) is 9.97 Å². The molecule has 30 heavy (non-hydrogen) atoms. The van der Waals surface area contributed by atoms with Crippen LogP contribution in [0, 0.1) is 13.0 Å². The largest absolute Gasteiger partial charge is 0.507 e. The van der Waals surface area contributed by atoms with Gasteiger partial charge in [-0.25, -0.2) is 0 Å². The van der Waals surface area contributed by atoms with Gasteiger partial charge in [0.25, 0.3) is 0 Å². The molecular weight excluding hydrogens is 463 g/mol. The second-order valence-electron chi connectivity index (χ2n) is 8.11. The van der Waals surface area contributed by atoms with Gasteiger partial charge in [-0.1, -0.05) is 60.9 Å². The molecule has 0 saturated carbocycles. The molecule has 5 rings (SSSR count). The van der Waals surface area contributed by atoms with E-state index in [-0.39, 0.29) is 31.6 Å². The number of fused-ring (bicyclic) bond motifs is 3. The summed E-state index contributed by atoms with van der Waals surface area (Å²) in [5.74, 6) is 0.278. The van der Waals surface area contributed by atoms with Crippen LogP contribution in [-0.2, 0) is 25.8 Å². The average Bonchev–Trinajstić information content (AvgIpc) is 2.96. The molecule has 3 nitrogen and oxygen atoms in total. The van der Waals surface area contributed by atoms with Crippen molar-refractivity contribution in [2.45, 2.75) is 26.2 Å². The Morgan fingerprint density at radius 1 is 0.867 bits per heavy atom. The van der Waals surface area contributed by atoms with Gasteiger partial charge in [-0.15, -0.1) is 24.3 Å². The number of hydrogen-bond donors (Lipinski definition) is 1. The van der Waals surface area contributed by atoms with Gasteiger partial charge >= 0.3 is 0 Å². The zero-order valence-corrected chi connectivity index (χ0v) is 18.6. The molecule has 0 saturated heterocycles. The van der Waals surface area contributed by atoms with E-state index in [1.807, 2.05) is 42.6 Å². The van der Waals surface area contributed by atoms with Gasteiger partial charge in [0.1, 0.15) is 5.75 Å². The van der Waals surface area contributed by atoms with Crippen LogP contribution in [0.5, 0.6) is 5.75 Å². The normalized spacial score (nSPS) is 13.3. The molecule has 0 bridgehead atoms. The van der Waals surface area contributed by atoms with Gasteiger partial charge < -0.3 is 5.11 Å². The molecule has 0 amide bonds. The molecule has 152 valence electrons. The van der Waals surface area contributed by atoms with Gasteiger partial charge in [-0.05, 0) is 30.2 Å². The number of nitrogens with zero attached hydrogens (tertiary/aromatic N) is 2. The van der Waals surface area contributed by atoms with Crippen molar-refractivity contribution < 1.29 is 25.5 Å². The summed E-state index contributed by atoms with van der Waals surface area (Å²) in [4.78, 5) is 9.44. The fraction of sp³-hybridized carbons (Fsp3) is 0.154. The van der Waals surface area contributed by atoms with Gasteiger partial charge in [-0.2, -0.15) is 0 Å². The number of rotatable bonds is 2. The van der Waals surface area contributed by atoms with E-state index in [1.165, 1.54) is 5.56 Å². The quantitative estimate of drug-likeness (QED) is 0.284. The van der Waals surface area contributed by atoms with Crippen LogP contribution in [0.25, 0.3) is 33.8 Å². The van der Waals surface area contributed by atoms with Crippen LogP contribution in [-0.4, -0.2) is 15.1 Å². The SMILES string of the molecule is Cc1ccnc(-c2[c-]c(-c3ccc4c(n3)-c3c(O)cccc3C4(C)C)ccc2)c1.[Pd]. The second-order valence-corrected chi connectivity index (χ2v) is 8.11. The maximum Gasteiger partial charge on any atom is 0.125 e. The monoisotopic (exact) mass is 483 g/mol. The molecular formula is C26H21N2OPd-. The third kappa shape index (κ3) is 3.17. The zero-order chi connectivity index (χ0) is 20.2. The number of hydrogen-bond acceptors (Lipinski definition) is 3. The van der Waals surface area contributed by atoms with Crippen molar-refractivity contribution in [3.63, 3.8) is 0 Å². The van der Waals surface area contributed by atoms with E-state index in [9.17, 15) is 5.11 Å². The van der Waals surface area contributed by atoms with Gasteiger partial charge in [0, 0.05) is 49.0 Å². The minimum absolute atomic E-state index is 0. The Balaban J connectivity index is 0.00000218. The number of aryl methyl sites for hydroxylation is 1. The van der Waals surface area contributed by atoms with E-state index in [1.54, 1.807) is 6.07 Å². The summed E-state index contributed by atoms with van der Waals surface area (Å²) in [5, 5.41) is 10.5. The summed E-state index contributed by atoms with van der Waals surface area (Å²) in [6.45, 7) is 6.41. The summed E-state index contributed by atoms with van der Waals surface area (Å²) in [5.41, 5.74) is 8.51. The molecule has 2 heterocycles. The van der Waals surface area contributed by atoms with E-state index in [0.717, 1.165) is 44.9 Å². The maximum atomic E-state index is 10.5. The Hall–Kier alpha value is -2.80. The maximum absolute atomic E-state index is 10.5. The Morgan fingerprint density at radius 2 is 1.60 bits per heavy atom. The third-order valence-electron chi connectivity index (χ3n) is 5.78. The predicted octanol–water partition coefficient (Wildman–Crippen LogP) is 5.93. The molecule has 1 aliphatic rings. The van der Waals surface area contributed by atoms with E-state index < -0.39 is 0 Å². The number of aromatic hydroxyl groups is 1. The smallest absolute Gasteiger partial charge is 0.125 e. The molecule has 0 atom stereocenters. The first-order chi connectivity index (χ1) is 13.9. The van der Waals surface area contributed by atoms with E-state index >= 15 is 0 Å². The van der Waals surface area contributed by atoms with Gasteiger partial charge in [0.05, 0.1) is 5.69 Å².